The lowest BCUT2D eigenvalue weighted by Crippen LogP contribution is -2.27. The Hall–Kier alpha value is -2.58. The Kier molecular flexibility index (Phi) is 5.98. The number of amides is 1. The number of aromatic nitrogens is 1. The van der Waals surface area contributed by atoms with Gasteiger partial charge in [-0.25, -0.2) is 0 Å². The lowest BCUT2D eigenvalue weighted by atomic mass is 9.89. The van der Waals surface area contributed by atoms with Crippen LogP contribution in [-0.4, -0.2) is 29.3 Å². The Morgan fingerprint density at radius 3 is 2.74 bits per heavy atom. The summed E-state index contributed by atoms with van der Waals surface area (Å²) in [5.41, 5.74) is 1.51. The fourth-order valence-corrected chi connectivity index (χ4v) is 2.68. The highest BCUT2D eigenvalue weighted by molar-refractivity contribution is 5.96. The third kappa shape index (κ3) is 5.21. The highest BCUT2D eigenvalue weighted by Crippen LogP contribution is 2.29. The van der Waals surface area contributed by atoms with Crippen molar-refractivity contribution in [2.75, 3.05) is 13.2 Å². The molecular formula is C22H26N2O3. The molecule has 0 aliphatic heterocycles. The highest BCUT2D eigenvalue weighted by atomic mass is 16.5. The molecule has 142 valence electrons. The molecule has 1 aromatic heterocycles. The molecular weight excluding hydrogens is 340 g/mol. The molecule has 0 unspecified atom stereocenters. The second-order valence-electron chi connectivity index (χ2n) is 7.83. The van der Waals surface area contributed by atoms with Crippen LogP contribution in [0.2, 0.25) is 0 Å². The first-order chi connectivity index (χ1) is 13.0. The molecule has 1 fully saturated rings. The van der Waals surface area contributed by atoms with Crippen LogP contribution in [0.5, 0.6) is 0 Å². The zero-order valence-corrected chi connectivity index (χ0v) is 15.9. The number of aliphatic hydroxyl groups is 1. The molecule has 1 aliphatic carbocycles. The average Bonchev–Trinajstić information content (AvgIpc) is 3.41. The summed E-state index contributed by atoms with van der Waals surface area (Å²) in [5.74, 6) is 7.01. The normalized spacial score (nSPS) is 13.7. The quantitative estimate of drug-likeness (QED) is 0.580. The number of rotatable bonds is 7. The maximum Gasteiger partial charge on any atom is 0.274 e. The zero-order chi connectivity index (χ0) is 19.3. The van der Waals surface area contributed by atoms with Gasteiger partial charge in [-0.05, 0) is 31.1 Å². The number of hydrogen-bond donors (Lipinski definition) is 2. The lowest BCUT2D eigenvalue weighted by Gasteiger charge is -2.21. The van der Waals surface area contributed by atoms with E-state index < -0.39 is 0 Å². The predicted molar refractivity (Wildman–Crippen MR) is 104 cm³/mol. The summed E-state index contributed by atoms with van der Waals surface area (Å²) < 4.78 is 5.49. The highest BCUT2D eigenvalue weighted by Gasteiger charge is 2.23. The lowest BCUT2D eigenvalue weighted by molar-refractivity contribution is 0.0939. The van der Waals surface area contributed by atoms with Crippen molar-refractivity contribution >= 4 is 5.91 Å². The van der Waals surface area contributed by atoms with Crippen molar-refractivity contribution in [2.24, 2.45) is 11.3 Å². The van der Waals surface area contributed by atoms with E-state index in [1.165, 1.54) is 0 Å². The van der Waals surface area contributed by atoms with Crippen molar-refractivity contribution in [3.63, 3.8) is 0 Å². The average molecular weight is 366 g/mol. The van der Waals surface area contributed by atoms with E-state index in [1.807, 2.05) is 44.2 Å². The van der Waals surface area contributed by atoms with Crippen molar-refractivity contribution in [2.45, 2.75) is 39.5 Å². The predicted octanol–water partition coefficient (Wildman–Crippen LogP) is 3.63. The van der Waals surface area contributed by atoms with Crippen LogP contribution >= 0.6 is 0 Å². The third-order valence-corrected chi connectivity index (χ3v) is 4.67. The Labute approximate surface area is 160 Å². The van der Waals surface area contributed by atoms with E-state index in [0.717, 1.165) is 31.2 Å². The van der Waals surface area contributed by atoms with Gasteiger partial charge >= 0.3 is 0 Å². The van der Waals surface area contributed by atoms with Crippen molar-refractivity contribution in [3.8, 4) is 23.2 Å². The van der Waals surface area contributed by atoms with Gasteiger partial charge in [-0.1, -0.05) is 61.2 Å². The Morgan fingerprint density at radius 1 is 1.33 bits per heavy atom. The summed E-state index contributed by atoms with van der Waals surface area (Å²) >= 11 is 0. The summed E-state index contributed by atoms with van der Waals surface area (Å²) in [6.45, 7) is 4.66. The van der Waals surface area contributed by atoms with Gasteiger partial charge in [0.25, 0.3) is 5.91 Å². The van der Waals surface area contributed by atoms with Crippen LogP contribution in [0, 0.1) is 23.2 Å². The largest absolute Gasteiger partial charge is 0.396 e. The van der Waals surface area contributed by atoms with Gasteiger partial charge < -0.3 is 14.9 Å². The van der Waals surface area contributed by atoms with Crippen molar-refractivity contribution < 1.29 is 14.4 Å². The molecule has 27 heavy (non-hydrogen) atoms. The Morgan fingerprint density at radius 2 is 2.07 bits per heavy atom. The molecule has 0 atom stereocenters. The van der Waals surface area contributed by atoms with Crippen molar-refractivity contribution in [1.82, 2.24) is 10.5 Å². The number of benzene rings is 1. The second kappa shape index (κ2) is 8.41. The standard InChI is InChI=1S/C22H26N2O3/c1-22(2,15-25)13-6-14-23-21(26)19-18(12-11-16-9-10-16)20(27-24-19)17-7-4-3-5-8-17/h3-5,7-8,16,25H,6,9-10,13-15H2,1-2H3,(H,23,26). The van der Waals surface area contributed by atoms with E-state index >= 15 is 0 Å². The maximum absolute atomic E-state index is 12.6. The molecule has 1 heterocycles. The van der Waals surface area contributed by atoms with Gasteiger partial charge in [-0.3, -0.25) is 4.79 Å². The molecule has 0 bridgehead atoms. The summed E-state index contributed by atoms with van der Waals surface area (Å²) in [5, 5.41) is 16.2. The van der Waals surface area contributed by atoms with Crippen LogP contribution in [0.25, 0.3) is 11.3 Å². The Balaban J connectivity index is 1.73. The maximum atomic E-state index is 12.6. The number of nitrogens with zero attached hydrogens (tertiary/aromatic N) is 1. The third-order valence-electron chi connectivity index (χ3n) is 4.67. The monoisotopic (exact) mass is 366 g/mol. The van der Waals surface area contributed by atoms with Gasteiger partial charge in [0.2, 0.25) is 0 Å². The van der Waals surface area contributed by atoms with E-state index in [1.54, 1.807) is 0 Å². The van der Waals surface area contributed by atoms with Crippen LogP contribution < -0.4 is 5.32 Å². The van der Waals surface area contributed by atoms with E-state index in [9.17, 15) is 9.90 Å². The summed E-state index contributed by atoms with van der Waals surface area (Å²) in [6, 6.07) is 9.59. The van der Waals surface area contributed by atoms with Crippen LogP contribution in [0.15, 0.2) is 34.9 Å². The summed E-state index contributed by atoms with van der Waals surface area (Å²) in [4.78, 5) is 12.6. The molecule has 5 heteroatoms. The van der Waals surface area contributed by atoms with Gasteiger partial charge in [0.1, 0.15) is 5.56 Å². The summed E-state index contributed by atoms with van der Waals surface area (Å²) in [7, 11) is 0. The first kappa shape index (κ1) is 19.2. The first-order valence-electron chi connectivity index (χ1n) is 9.46. The van der Waals surface area contributed by atoms with Crippen LogP contribution in [0.3, 0.4) is 0 Å². The molecule has 1 aromatic carbocycles. The molecule has 1 amide bonds. The van der Waals surface area contributed by atoms with E-state index in [0.29, 0.717) is 23.8 Å². The molecule has 0 radical (unpaired) electrons. The SMILES string of the molecule is CC(C)(CO)CCCNC(=O)c1noc(-c2ccccc2)c1C#CC1CC1. The fraction of sp³-hybridized carbons (Fsp3) is 0.455. The van der Waals surface area contributed by atoms with E-state index in [4.69, 9.17) is 4.52 Å². The molecule has 3 rings (SSSR count). The number of hydrogen-bond acceptors (Lipinski definition) is 4. The van der Waals surface area contributed by atoms with Crippen molar-refractivity contribution in [1.29, 1.82) is 0 Å². The minimum absolute atomic E-state index is 0.131. The molecule has 1 aliphatic rings. The number of carbonyl (C=O) groups excluding carboxylic acids is 1. The minimum Gasteiger partial charge on any atom is -0.396 e. The van der Waals surface area contributed by atoms with Crippen LogP contribution in [-0.2, 0) is 0 Å². The minimum atomic E-state index is -0.275. The van der Waals surface area contributed by atoms with Crippen LogP contribution in [0.1, 0.15) is 55.6 Å². The molecule has 0 spiro atoms. The molecule has 2 aromatic rings. The molecule has 0 saturated heterocycles. The van der Waals surface area contributed by atoms with Crippen molar-refractivity contribution in [3.05, 3.63) is 41.6 Å². The van der Waals surface area contributed by atoms with Gasteiger partial charge in [0.05, 0.1) is 0 Å². The zero-order valence-electron chi connectivity index (χ0n) is 15.9. The topological polar surface area (TPSA) is 75.4 Å². The first-order valence-corrected chi connectivity index (χ1v) is 9.46. The van der Waals surface area contributed by atoms with Gasteiger partial charge in [0.15, 0.2) is 11.5 Å². The number of carbonyl (C=O) groups is 1. The van der Waals surface area contributed by atoms with E-state index in [-0.39, 0.29) is 23.6 Å². The fourth-order valence-electron chi connectivity index (χ4n) is 2.68. The van der Waals surface area contributed by atoms with Crippen LogP contribution in [0.4, 0.5) is 0 Å². The van der Waals surface area contributed by atoms with E-state index in [2.05, 4.69) is 22.3 Å². The summed E-state index contributed by atoms with van der Waals surface area (Å²) in [6.07, 6.45) is 3.83. The molecule has 1 saturated carbocycles. The molecule has 2 N–H and O–H groups in total. The van der Waals surface area contributed by atoms with Gasteiger partial charge in [0, 0.05) is 24.6 Å². The smallest absolute Gasteiger partial charge is 0.274 e. The Bertz CT molecular complexity index is 839. The number of nitrogens with one attached hydrogen (secondary N) is 1. The number of aliphatic hydroxyl groups excluding tert-OH is 1. The molecule has 5 nitrogen and oxygen atoms in total. The second-order valence-corrected chi connectivity index (χ2v) is 7.83. The van der Waals surface area contributed by atoms with Gasteiger partial charge in [-0.15, -0.1) is 0 Å². The van der Waals surface area contributed by atoms with Gasteiger partial charge in [-0.2, -0.15) is 0 Å².